The fourth-order valence-electron chi connectivity index (χ4n) is 2.60. The van der Waals surface area contributed by atoms with Crippen molar-refractivity contribution < 1.29 is 4.79 Å². The van der Waals surface area contributed by atoms with Gasteiger partial charge in [0.1, 0.15) is 0 Å². The van der Waals surface area contributed by atoms with Crippen LogP contribution in [0.25, 0.3) is 21.6 Å². The number of carbonyl (C=O) groups excluding carboxylic acids is 1. The number of carbonyl (C=O) groups is 1. The third-order valence-electron chi connectivity index (χ3n) is 3.96. The predicted octanol–water partition coefficient (Wildman–Crippen LogP) is 4.61. The molecule has 2 aromatic heterocycles. The molecule has 0 radical (unpaired) electrons. The largest absolute Gasteiger partial charge is 0.335 e. The summed E-state index contributed by atoms with van der Waals surface area (Å²) in [6.45, 7) is 2.02. The SMILES string of the molecule is Cc1ccc2nc(NC(=O)CSc3nnc(-c4ccc(Cl)cc4Cl)n3N)sc2c1. The second kappa shape index (κ2) is 8.19. The van der Waals surface area contributed by atoms with Crippen molar-refractivity contribution in [2.75, 3.05) is 16.9 Å². The van der Waals surface area contributed by atoms with Gasteiger partial charge < -0.3 is 11.2 Å². The summed E-state index contributed by atoms with van der Waals surface area (Å²) in [7, 11) is 0. The molecule has 11 heteroatoms. The van der Waals surface area contributed by atoms with Gasteiger partial charge in [0, 0.05) is 10.6 Å². The van der Waals surface area contributed by atoms with Crippen LogP contribution in [-0.4, -0.2) is 31.5 Å². The van der Waals surface area contributed by atoms with E-state index in [-0.39, 0.29) is 11.7 Å². The number of anilines is 1. The molecule has 0 bridgehead atoms. The summed E-state index contributed by atoms with van der Waals surface area (Å²) < 4.78 is 2.33. The van der Waals surface area contributed by atoms with Crippen molar-refractivity contribution in [3.63, 3.8) is 0 Å². The van der Waals surface area contributed by atoms with E-state index in [4.69, 9.17) is 29.0 Å². The number of nitrogen functional groups attached to an aromatic ring is 1. The second-order valence-electron chi connectivity index (χ2n) is 6.13. The number of benzene rings is 2. The molecule has 0 aliphatic carbocycles. The number of nitrogens with zero attached hydrogens (tertiary/aromatic N) is 4. The van der Waals surface area contributed by atoms with E-state index in [0.717, 1.165) is 15.8 Å². The summed E-state index contributed by atoms with van der Waals surface area (Å²) in [5.74, 6) is 6.37. The van der Waals surface area contributed by atoms with Crippen LogP contribution < -0.4 is 11.2 Å². The molecule has 29 heavy (non-hydrogen) atoms. The van der Waals surface area contributed by atoms with Crippen LogP contribution in [-0.2, 0) is 4.79 Å². The minimum atomic E-state index is -0.208. The smallest absolute Gasteiger partial charge is 0.236 e. The lowest BCUT2D eigenvalue weighted by Gasteiger charge is -2.05. The molecule has 4 aromatic rings. The van der Waals surface area contributed by atoms with Gasteiger partial charge in [0.15, 0.2) is 11.0 Å². The first-order valence-corrected chi connectivity index (χ1v) is 10.9. The summed E-state index contributed by atoms with van der Waals surface area (Å²) in [6.07, 6.45) is 0. The van der Waals surface area contributed by atoms with Crippen LogP contribution in [0.2, 0.25) is 10.0 Å². The zero-order chi connectivity index (χ0) is 20.5. The summed E-state index contributed by atoms with van der Waals surface area (Å²) in [5.41, 5.74) is 2.61. The van der Waals surface area contributed by atoms with Gasteiger partial charge in [-0.05, 0) is 42.8 Å². The lowest BCUT2D eigenvalue weighted by molar-refractivity contribution is -0.113. The quantitative estimate of drug-likeness (QED) is 0.330. The molecule has 0 unspecified atom stereocenters. The van der Waals surface area contributed by atoms with Crippen LogP contribution in [0.3, 0.4) is 0 Å². The Kier molecular flexibility index (Phi) is 5.64. The van der Waals surface area contributed by atoms with Crippen LogP contribution in [0.4, 0.5) is 5.13 Å². The van der Waals surface area contributed by atoms with Crippen molar-refractivity contribution in [1.29, 1.82) is 0 Å². The highest BCUT2D eigenvalue weighted by Gasteiger charge is 2.17. The number of hydrogen-bond donors (Lipinski definition) is 2. The highest BCUT2D eigenvalue weighted by atomic mass is 35.5. The summed E-state index contributed by atoms with van der Waals surface area (Å²) in [6, 6.07) is 11.0. The Labute approximate surface area is 184 Å². The predicted molar refractivity (Wildman–Crippen MR) is 119 cm³/mol. The average Bonchev–Trinajstić information content (AvgIpc) is 3.22. The fraction of sp³-hybridized carbons (Fsp3) is 0.111. The Bertz CT molecular complexity index is 1220. The molecule has 1 amide bonds. The maximum absolute atomic E-state index is 12.3. The first kappa shape index (κ1) is 20.0. The van der Waals surface area contributed by atoms with Crippen molar-refractivity contribution in [3.8, 4) is 11.4 Å². The lowest BCUT2D eigenvalue weighted by Crippen LogP contribution is -2.16. The van der Waals surface area contributed by atoms with Crippen LogP contribution in [0, 0.1) is 6.92 Å². The van der Waals surface area contributed by atoms with Crippen molar-refractivity contribution in [2.45, 2.75) is 12.1 Å². The van der Waals surface area contributed by atoms with Crippen LogP contribution in [0.1, 0.15) is 5.56 Å². The van der Waals surface area contributed by atoms with E-state index in [9.17, 15) is 4.79 Å². The van der Waals surface area contributed by atoms with E-state index < -0.39 is 0 Å². The lowest BCUT2D eigenvalue weighted by atomic mass is 10.2. The van der Waals surface area contributed by atoms with Crippen molar-refractivity contribution in [3.05, 3.63) is 52.0 Å². The molecule has 2 aromatic carbocycles. The Morgan fingerprint density at radius 1 is 1.24 bits per heavy atom. The van der Waals surface area contributed by atoms with Gasteiger partial charge in [-0.1, -0.05) is 52.4 Å². The molecule has 0 saturated carbocycles. The van der Waals surface area contributed by atoms with Crippen LogP contribution in [0.5, 0.6) is 0 Å². The number of rotatable bonds is 5. The molecule has 0 aliphatic rings. The van der Waals surface area contributed by atoms with E-state index in [1.807, 2.05) is 25.1 Å². The number of thiazole rings is 1. The van der Waals surface area contributed by atoms with Crippen molar-refractivity contribution in [1.82, 2.24) is 19.9 Å². The van der Waals surface area contributed by atoms with Gasteiger partial charge in [0.05, 0.1) is 21.0 Å². The van der Waals surface area contributed by atoms with Crippen molar-refractivity contribution >= 4 is 67.6 Å². The summed E-state index contributed by atoms with van der Waals surface area (Å²) >= 11 is 14.7. The highest BCUT2D eigenvalue weighted by molar-refractivity contribution is 7.99. The van der Waals surface area contributed by atoms with Gasteiger partial charge in [-0.3, -0.25) is 4.79 Å². The molecule has 2 heterocycles. The zero-order valence-electron chi connectivity index (χ0n) is 15.0. The maximum atomic E-state index is 12.3. The Balaban J connectivity index is 1.43. The Morgan fingerprint density at radius 3 is 2.86 bits per heavy atom. The Hall–Kier alpha value is -2.33. The van der Waals surface area contributed by atoms with Gasteiger partial charge in [0.2, 0.25) is 11.1 Å². The highest BCUT2D eigenvalue weighted by Crippen LogP contribution is 2.30. The standard InChI is InChI=1S/C18H14Cl2N6OS2/c1-9-2-5-13-14(6-9)29-17(22-13)23-15(27)8-28-18-25-24-16(26(18)21)11-4-3-10(19)7-12(11)20/h2-7H,8,21H2,1H3,(H,22,23,27). The van der Waals surface area contributed by atoms with Gasteiger partial charge >= 0.3 is 0 Å². The molecule has 0 fully saturated rings. The normalized spacial score (nSPS) is 11.1. The van der Waals surface area contributed by atoms with E-state index in [1.54, 1.807) is 18.2 Å². The minimum Gasteiger partial charge on any atom is -0.335 e. The van der Waals surface area contributed by atoms with Crippen molar-refractivity contribution in [2.24, 2.45) is 0 Å². The summed E-state index contributed by atoms with van der Waals surface area (Å²) in [4.78, 5) is 16.7. The molecule has 0 aliphatic heterocycles. The molecule has 148 valence electrons. The molecule has 0 atom stereocenters. The van der Waals surface area contributed by atoms with Gasteiger partial charge in [-0.2, -0.15) is 0 Å². The van der Waals surface area contributed by atoms with E-state index >= 15 is 0 Å². The van der Waals surface area contributed by atoms with E-state index in [1.165, 1.54) is 27.8 Å². The molecular formula is C18H14Cl2N6OS2. The van der Waals surface area contributed by atoms with Crippen LogP contribution in [0.15, 0.2) is 41.6 Å². The molecular weight excluding hydrogens is 451 g/mol. The van der Waals surface area contributed by atoms with Crippen LogP contribution >= 0.6 is 46.3 Å². The number of aromatic nitrogens is 4. The molecule has 4 rings (SSSR count). The second-order valence-corrected chi connectivity index (χ2v) is 8.94. The number of amides is 1. The van der Waals surface area contributed by atoms with E-state index in [0.29, 0.717) is 31.7 Å². The van der Waals surface area contributed by atoms with E-state index in [2.05, 4.69) is 20.5 Å². The first-order valence-electron chi connectivity index (χ1n) is 8.36. The minimum absolute atomic E-state index is 0.110. The topological polar surface area (TPSA) is 98.7 Å². The van der Waals surface area contributed by atoms with Gasteiger partial charge in [-0.25, -0.2) is 9.66 Å². The third-order valence-corrected chi connectivity index (χ3v) is 6.38. The number of nitrogens with two attached hydrogens (primary N) is 1. The molecule has 7 nitrogen and oxygen atoms in total. The number of halogens is 2. The monoisotopic (exact) mass is 464 g/mol. The number of fused-ring (bicyclic) bond motifs is 1. The fourth-order valence-corrected chi connectivity index (χ4v) is 4.73. The molecule has 0 saturated heterocycles. The number of hydrogen-bond acceptors (Lipinski definition) is 7. The number of thioether (sulfide) groups is 1. The molecule has 0 spiro atoms. The average molecular weight is 465 g/mol. The number of aryl methyl sites for hydroxylation is 1. The first-order chi connectivity index (χ1) is 13.9. The number of nitrogens with one attached hydrogen (secondary N) is 1. The summed E-state index contributed by atoms with van der Waals surface area (Å²) in [5, 5.41) is 12.8. The zero-order valence-corrected chi connectivity index (χ0v) is 18.2. The maximum Gasteiger partial charge on any atom is 0.236 e. The Morgan fingerprint density at radius 2 is 2.07 bits per heavy atom. The van der Waals surface area contributed by atoms with Gasteiger partial charge in [-0.15, -0.1) is 10.2 Å². The third kappa shape index (κ3) is 4.32. The molecule has 3 N–H and O–H groups in total. The van der Waals surface area contributed by atoms with Gasteiger partial charge in [0.25, 0.3) is 0 Å².